The van der Waals surface area contributed by atoms with Gasteiger partial charge in [0.15, 0.2) is 0 Å². The molecule has 0 aliphatic rings. The van der Waals surface area contributed by atoms with Gasteiger partial charge in [0.1, 0.15) is 11.6 Å². The molecule has 2 N–H and O–H groups in total. The Morgan fingerprint density at radius 2 is 1.65 bits per heavy atom. The van der Waals surface area contributed by atoms with Crippen LogP contribution in [0.3, 0.4) is 0 Å². The highest BCUT2D eigenvalue weighted by atomic mass is 35.5. The van der Waals surface area contributed by atoms with Crippen molar-refractivity contribution in [1.29, 1.82) is 0 Å². The molecule has 26 heavy (non-hydrogen) atoms. The Bertz CT molecular complexity index is 913. The number of alkyl halides is 3. The molecule has 1 heterocycles. The molecule has 0 unspecified atom stereocenters. The summed E-state index contributed by atoms with van der Waals surface area (Å²) < 4.78 is 52.4. The maximum absolute atomic E-state index is 13.1. The second-order valence-electron chi connectivity index (χ2n) is 5.21. The third kappa shape index (κ3) is 4.40. The van der Waals surface area contributed by atoms with Crippen molar-refractivity contribution in [2.45, 2.75) is 6.18 Å². The maximum atomic E-state index is 13.1. The molecule has 0 fully saturated rings. The molecule has 3 aromatic rings. The number of halogens is 5. The standard InChI is InChI=1S/C17H11ClF4N4/c18-10-1-6-14(13(9-10)17(20,21)22)25-16-23-8-7-15(26-16)24-12-4-2-11(19)3-5-12/h1-9H,(H2,23,24,25,26). The average molecular weight is 383 g/mol. The van der Waals surface area contributed by atoms with E-state index in [0.29, 0.717) is 11.5 Å². The monoisotopic (exact) mass is 382 g/mol. The number of aromatic nitrogens is 2. The zero-order valence-corrected chi connectivity index (χ0v) is 13.7. The Hall–Kier alpha value is -2.87. The van der Waals surface area contributed by atoms with E-state index in [2.05, 4.69) is 20.6 Å². The molecule has 2 aromatic carbocycles. The molecule has 0 saturated heterocycles. The van der Waals surface area contributed by atoms with Crippen molar-refractivity contribution < 1.29 is 17.6 Å². The van der Waals surface area contributed by atoms with Gasteiger partial charge in [-0.3, -0.25) is 0 Å². The SMILES string of the molecule is Fc1ccc(Nc2ccnc(Nc3ccc(Cl)cc3C(F)(F)F)n2)cc1. The van der Waals surface area contributed by atoms with Crippen LogP contribution in [0.2, 0.25) is 5.02 Å². The van der Waals surface area contributed by atoms with Crippen molar-refractivity contribution in [2.75, 3.05) is 10.6 Å². The molecule has 0 amide bonds. The minimum atomic E-state index is -4.59. The molecule has 0 saturated carbocycles. The van der Waals surface area contributed by atoms with Crippen molar-refractivity contribution in [3.63, 3.8) is 0 Å². The van der Waals surface area contributed by atoms with Crippen molar-refractivity contribution >= 4 is 34.7 Å². The Morgan fingerprint density at radius 3 is 2.35 bits per heavy atom. The number of nitrogens with one attached hydrogen (secondary N) is 2. The van der Waals surface area contributed by atoms with Gasteiger partial charge in [0.2, 0.25) is 5.95 Å². The van der Waals surface area contributed by atoms with E-state index in [0.717, 1.165) is 6.07 Å². The van der Waals surface area contributed by atoms with Crippen LogP contribution < -0.4 is 10.6 Å². The number of anilines is 4. The quantitative estimate of drug-likeness (QED) is 0.562. The summed E-state index contributed by atoms with van der Waals surface area (Å²) >= 11 is 5.66. The molecular weight excluding hydrogens is 372 g/mol. The number of hydrogen-bond acceptors (Lipinski definition) is 4. The summed E-state index contributed by atoms with van der Waals surface area (Å²) in [6, 6.07) is 10.4. The molecule has 0 aliphatic carbocycles. The average Bonchev–Trinajstić information content (AvgIpc) is 2.58. The Labute approximate surface area is 150 Å². The topological polar surface area (TPSA) is 49.8 Å². The van der Waals surface area contributed by atoms with Gasteiger partial charge in [-0.1, -0.05) is 11.6 Å². The molecule has 9 heteroatoms. The Balaban J connectivity index is 1.84. The van der Waals surface area contributed by atoms with Gasteiger partial charge in [-0.25, -0.2) is 9.37 Å². The fraction of sp³-hybridized carbons (Fsp3) is 0.0588. The maximum Gasteiger partial charge on any atom is 0.418 e. The summed E-state index contributed by atoms with van der Waals surface area (Å²) in [5.41, 5.74) is -0.579. The fourth-order valence-electron chi connectivity index (χ4n) is 2.15. The molecule has 0 radical (unpaired) electrons. The van der Waals surface area contributed by atoms with Crippen LogP contribution >= 0.6 is 11.6 Å². The van der Waals surface area contributed by atoms with E-state index in [-0.39, 0.29) is 22.5 Å². The largest absolute Gasteiger partial charge is 0.418 e. The minimum absolute atomic E-state index is 0.0319. The second-order valence-corrected chi connectivity index (χ2v) is 5.65. The van der Waals surface area contributed by atoms with E-state index in [4.69, 9.17) is 11.6 Å². The van der Waals surface area contributed by atoms with Gasteiger partial charge in [0.25, 0.3) is 0 Å². The fourth-order valence-corrected chi connectivity index (χ4v) is 2.32. The van der Waals surface area contributed by atoms with Crippen LogP contribution in [-0.2, 0) is 6.18 Å². The van der Waals surface area contributed by atoms with Crippen molar-refractivity contribution in [2.24, 2.45) is 0 Å². The first kappa shape index (κ1) is 17.9. The van der Waals surface area contributed by atoms with Gasteiger partial charge >= 0.3 is 6.18 Å². The molecule has 0 atom stereocenters. The lowest BCUT2D eigenvalue weighted by Gasteiger charge is -2.14. The Morgan fingerprint density at radius 1 is 0.923 bits per heavy atom. The first-order chi connectivity index (χ1) is 12.3. The van der Waals surface area contributed by atoms with E-state index < -0.39 is 11.7 Å². The number of rotatable bonds is 4. The van der Waals surface area contributed by atoms with Gasteiger partial charge in [0, 0.05) is 16.9 Å². The molecule has 134 valence electrons. The second kappa shape index (κ2) is 7.17. The minimum Gasteiger partial charge on any atom is -0.340 e. The zero-order valence-electron chi connectivity index (χ0n) is 13.0. The Kier molecular flexibility index (Phi) is 4.94. The third-order valence-corrected chi connectivity index (χ3v) is 3.54. The van der Waals surface area contributed by atoms with Crippen LogP contribution in [-0.4, -0.2) is 9.97 Å². The lowest BCUT2D eigenvalue weighted by atomic mass is 10.1. The zero-order chi connectivity index (χ0) is 18.7. The lowest BCUT2D eigenvalue weighted by Crippen LogP contribution is -2.10. The molecule has 0 bridgehead atoms. The van der Waals surface area contributed by atoms with Crippen LogP contribution in [0.5, 0.6) is 0 Å². The van der Waals surface area contributed by atoms with E-state index >= 15 is 0 Å². The van der Waals surface area contributed by atoms with Crippen molar-refractivity contribution in [3.05, 3.63) is 71.1 Å². The molecule has 0 spiro atoms. The summed E-state index contributed by atoms with van der Waals surface area (Å²) in [4.78, 5) is 8.02. The number of hydrogen-bond donors (Lipinski definition) is 2. The molecule has 4 nitrogen and oxygen atoms in total. The predicted octanol–water partition coefficient (Wildman–Crippen LogP) is 5.78. The van der Waals surface area contributed by atoms with Crippen molar-refractivity contribution in [3.8, 4) is 0 Å². The molecule has 0 aliphatic heterocycles. The van der Waals surface area contributed by atoms with Gasteiger partial charge < -0.3 is 10.6 Å². The highest BCUT2D eigenvalue weighted by Gasteiger charge is 2.34. The van der Waals surface area contributed by atoms with Gasteiger partial charge in [-0.05, 0) is 48.5 Å². The summed E-state index contributed by atoms with van der Waals surface area (Å²) in [5, 5.41) is 5.42. The van der Waals surface area contributed by atoms with E-state index in [1.54, 1.807) is 0 Å². The molecule has 3 rings (SSSR count). The van der Waals surface area contributed by atoms with Crippen molar-refractivity contribution in [1.82, 2.24) is 9.97 Å². The number of benzene rings is 2. The summed E-state index contributed by atoms with van der Waals surface area (Å²) in [5.74, 6) is -0.0930. The van der Waals surface area contributed by atoms with Crippen LogP contribution in [0, 0.1) is 5.82 Å². The molecule has 1 aromatic heterocycles. The van der Waals surface area contributed by atoms with E-state index in [1.807, 2.05) is 0 Å². The third-order valence-electron chi connectivity index (χ3n) is 3.31. The first-order valence-corrected chi connectivity index (χ1v) is 7.68. The van der Waals surface area contributed by atoms with E-state index in [9.17, 15) is 17.6 Å². The normalized spacial score (nSPS) is 11.3. The van der Waals surface area contributed by atoms with Crippen LogP contribution in [0.4, 0.5) is 40.7 Å². The number of nitrogens with zero attached hydrogens (tertiary/aromatic N) is 2. The van der Waals surface area contributed by atoms with Gasteiger partial charge in [-0.2, -0.15) is 18.2 Å². The summed E-state index contributed by atoms with van der Waals surface area (Å²) in [7, 11) is 0. The lowest BCUT2D eigenvalue weighted by molar-refractivity contribution is -0.136. The smallest absolute Gasteiger partial charge is 0.340 e. The summed E-state index contributed by atoms with van der Waals surface area (Å²) in [6.07, 6.45) is -3.21. The van der Waals surface area contributed by atoms with Crippen LogP contribution in [0.15, 0.2) is 54.7 Å². The van der Waals surface area contributed by atoms with Crippen LogP contribution in [0.1, 0.15) is 5.56 Å². The predicted molar refractivity (Wildman–Crippen MR) is 91.5 cm³/mol. The first-order valence-electron chi connectivity index (χ1n) is 7.31. The van der Waals surface area contributed by atoms with Gasteiger partial charge in [-0.15, -0.1) is 0 Å². The van der Waals surface area contributed by atoms with Crippen LogP contribution in [0.25, 0.3) is 0 Å². The molecular formula is C17H11ClF4N4. The summed E-state index contributed by atoms with van der Waals surface area (Å²) in [6.45, 7) is 0. The van der Waals surface area contributed by atoms with Gasteiger partial charge in [0.05, 0.1) is 11.3 Å². The van der Waals surface area contributed by atoms with E-state index in [1.165, 1.54) is 48.7 Å². The highest BCUT2D eigenvalue weighted by Crippen LogP contribution is 2.37. The highest BCUT2D eigenvalue weighted by molar-refractivity contribution is 6.30.